The molecule has 1 aliphatic heterocycles. The molecule has 2 aromatic carbocycles. The summed E-state index contributed by atoms with van der Waals surface area (Å²) in [7, 11) is -1.10. The number of carbonyl (C=O) groups excluding carboxylic acids is 2. The van der Waals surface area contributed by atoms with Gasteiger partial charge >= 0.3 is 5.97 Å². The summed E-state index contributed by atoms with van der Waals surface area (Å²) in [6, 6.07) is 11.3. The number of hydrogen-bond donors (Lipinski definition) is 3. The van der Waals surface area contributed by atoms with Crippen molar-refractivity contribution in [3.05, 3.63) is 77.0 Å². The molecule has 0 radical (unpaired) electrons. The number of nitrogens with zero attached hydrogens (tertiary/aromatic N) is 1. The third-order valence-corrected chi connectivity index (χ3v) is 8.64. The third-order valence-electron chi connectivity index (χ3n) is 7.30. The lowest BCUT2D eigenvalue weighted by Crippen LogP contribution is -2.40. The third kappa shape index (κ3) is 9.08. The number of rotatable bonds is 15. The fourth-order valence-electron chi connectivity index (χ4n) is 4.67. The predicted molar refractivity (Wildman–Crippen MR) is 161 cm³/mol. The van der Waals surface area contributed by atoms with Gasteiger partial charge in [-0.25, -0.2) is 17.9 Å². The molecule has 0 aromatic heterocycles. The van der Waals surface area contributed by atoms with Gasteiger partial charge in [0.25, 0.3) is 15.9 Å². The first kappa shape index (κ1) is 33.2. The fraction of sp³-hybridized carbons (Fsp3) is 0.387. The van der Waals surface area contributed by atoms with Crippen molar-refractivity contribution in [3.8, 4) is 11.5 Å². The van der Waals surface area contributed by atoms with E-state index in [4.69, 9.17) is 9.47 Å². The van der Waals surface area contributed by atoms with Gasteiger partial charge in [0.15, 0.2) is 11.5 Å². The van der Waals surface area contributed by atoms with E-state index in [-0.39, 0.29) is 41.0 Å². The second kappa shape index (κ2) is 15.2. The van der Waals surface area contributed by atoms with Crippen LogP contribution < -0.4 is 19.5 Å². The molecular formula is C31H39N3O8S. The van der Waals surface area contributed by atoms with E-state index in [1.807, 2.05) is 13.8 Å². The maximum absolute atomic E-state index is 12.9. The summed E-state index contributed by atoms with van der Waals surface area (Å²) in [5.41, 5.74) is 1.79. The SMILES string of the molecule is CCC(CC)CN1CC(C(=O)NS(=O)(=O)c2ccc(CCNC(=O)Cc3ccc(OC)c(OC)c3)cc2)=CC=C1C(=O)O. The number of carboxylic acid groups (broad SMARTS) is 1. The van der Waals surface area contributed by atoms with Crippen LogP contribution in [0.4, 0.5) is 0 Å². The number of ether oxygens (including phenoxy) is 2. The Hall–Kier alpha value is -4.32. The Bertz CT molecular complexity index is 1480. The van der Waals surface area contributed by atoms with E-state index in [1.165, 1.54) is 38.5 Å². The standard InChI is InChI=1S/C31H39N3O8S/c1-5-21(6-2)19-34-20-24(10-13-26(34)31(37)38)30(36)33-43(39,40)25-11-7-22(8-12-25)15-16-32-29(35)18-23-9-14-27(41-3)28(17-23)42-4/h7-14,17,21H,5-6,15-16,18-20H2,1-4H3,(H,32,35)(H,33,36)(H,37,38). The highest BCUT2D eigenvalue weighted by Crippen LogP contribution is 2.27. The van der Waals surface area contributed by atoms with Crippen LogP contribution in [0, 0.1) is 5.92 Å². The lowest BCUT2D eigenvalue weighted by molar-refractivity contribution is -0.134. The lowest BCUT2D eigenvalue weighted by atomic mass is 10.0. The van der Waals surface area contributed by atoms with Crippen molar-refractivity contribution in [1.29, 1.82) is 0 Å². The zero-order valence-corrected chi connectivity index (χ0v) is 25.7. The van der Waals surface area contributed by atoms with E-state index in [1.54, 1.807) is 35.2 Å². The zero-order chi connectivity index (χ0) is 31.6. The molecule has 0 unspecified atom stereocenters. The predicted octanol–water partition coefficient (Wildman–Crippen LogP) is 3.06. The molecule has 0 fully saturated rings. The van der Waals surface area contributed by atoms with Crippen LogP contribution in [0.3, 0.4) is 0 Å². The molecule has 0 bridgehead atoms. The molecular weight excluding hydrogens is 574 g/mol. The Kier molecular flexibility index (Phi) is 11.8. The number of carbonyl (C=O) groups is 3. The number of amides is 2. The maximum Gasteiger partial charge on any atom is 0.352 e. The van der Waals surface area contributed by atoms with Gasteiger partial charge in [0.1, 0.15) is 5.70 Å². The van der Waals surface area contributed by atoms with Gasteiger partial charge in [0.2, 0.25) is 5.91 Å². The first-order valence-electron chi connectivity index (χ1n) is 14.0. The van der Waals surface area contributed by atoms with Crippen molar-refractivity contribution in [3.63, 3.8) is 0 Å². The van der Waals surface area contributed by atoms with E-state index < -0.39 is 21.9 Å². The van der Waals surface area contributed by atoms with Gasteiger partial charge in [-0.2, -0.15) is 0 Å². The molecule has 232 valence electrons. The fourth-order valence-corrected chi connectivity index (χ4v) is 5.66. The number of sulfonamides is 1. The van der Waals surface area contributed by atoms with Crippen molar-refractivity contribution in [2.45, 2.75) is 44.4 Å². The summed E-state index contributed by atoms with van der Waals surface area (Å²) < 4.78 is 38.4. The highest BCUT2D eigenvalue weighted by Gasteiger charge is 2.27. The quantitative estimate of drug-likeness (QED) is 0.275. The average Bonchev–Trinajstić information content (AvgIpc) is 2.99. The lowest BCUT2D eigenvalue weighted by Gasteiger charge is -2.31. The van der Waals surface area contributed by atoms with Crippen LogP contribution in [0.25, 0.3) is 0 Å². The molecule has 0 saturated heterocycles. The van der Waals surface area contributed by atoms with E-state index in [0.29, 0.717) is 31.0 Å². The Morgan fingerprint density at radius 1 is 0.953 bits per heavy atom. The van der Waals surface area contributed by atoms with E-state index in [2.05, 4.69) is 10.0 Å². The number of nitrogens with one attached hydrogen (secondary N) is 2. The summed E-state index contributed by atoms with van der Waals surface area (Å²) in [5.74, 6) is -0.734. The number of carboxylic acids is 1. The molecule has 1 aliphatic rings. The minimum atomic E-state index is -4.17. The van der Waals surface area contributed by atoms with Crippen LogP contribution in [-0.4, -0.2) is 70.1 Å². The second-order valence-corrected chi connectivity index (χ2v) is 11.8. The number of aliphatic carboxylic acids is 1. The Labute approximate surface area is 252 Å². The summed E-state index contributed by atoms with van der Waals surface area (Å²) in [5, 5.41) is 12.4. The average molecular weight is 614 g/mol. The summed E-state index contributed by atoms with van der Waals surface area (Å²) in [6.07, 6.45) is 5.01. The first-order chi connectivity index (χ1) is 20.5. The first-order valence-corrected chi connectivity index (χ1v) is 15.5. The molecule has 0 saturated carbocycles. The molecule has 43 heavy (non-hydrogen) atoms. The molecule has 1 heterocycles. The summed E-state index contributed by atoms with van der Waals surface area (Å²) in [6.45, 7) is 4.82. The van der Waals surface area contributed by atoms with Crippen LogP contribution in [0.1, 0.15) is 37.8 Å². The van der Waals surface area contributed by atoms with Gasteiger partial charge < -0.3 is 24.8 Å². The highest BCUT2D eigenvalue weighted by molar-refractivity contribution is 7.90. The summed E-state index contributed by atoms with van der Waals surface area (Å²) in [4.78, 5) is 38.5. The van der Waals surface area contributed by atoms with Gasteiger partial charge in [-0.15, -0.1) is 0 Å². The molecule has 3 N–H and O–H groups in total. The second-order valence-electron chi connectivity index (χ2n) is 10.2. The van der Waals surface area contributed by atoms with Crippen molar-refractivity contribution < 1.29 is 37.4 Å². The number of allylic oxidation sites excluding steroid dienone is 2. The van der Waals surface area contributed by atoms with Gasteiger partial charge in [0.05, 0.1) is 25.5 Å². The number of benzene rings is 2. The molecule has 0 atom stereocenters. The summed E-state index contributed by atoms with van der Waals surface area (Å²) >= 11 is 0. The van der Waals surface area contributed by atoms with Crippen LogP contribution in [0.2, 0.25) is 0 Å². The maximum atomic E-state index is 12.9. The smallest absolute Gasteiger partial charge is 0.352 e. The molecule has 0 aliphatic carbocycles. The van der Waals surface area contributed by atoms with E-state index >= 15 is 0 Å². The van der Waals surface area contributed by atoms with Crippen LogP contribution >= 0.6 is 0 Å². The van der Waals surface area contributed by atoms with Crippen molar-refractivity contribution in [1.82, 2.24) is 14.9 Å². The molecule has 3 rings (SSSR count). The van der Waals surface area contributed by atoms with Crippen LogP contribution in [0.15, 0.2) is 70.8 Å². The number of methoxy groups -OCH3 is 2. The van der Waals surface area contributed by atoms with Crippen LogP contribution in [-0.2, 0) is 37.2 Å². The highest BCUT2D eigenvalue weighted by atomic mass is 32.2. The minimum Gasteiger partial charge on any atom is -0.493 e. The van der Waals surface area contributed by atoms with E-state index in [0.717, 1.165) is 24.0 Å². The monoisotopic (exact) mass is 613 g/mol. The molecule has 0 spiro atoms. The van der Waals surface area contributed by atoms with Crippen molar-refractivity contribution in [2.24, 2.45) is 5.92 Å². The Morgan fingerprint density at radius 3 is 2.21 bits per heavy atom. The topological polar surface area (TPSA) is 151 Å². The molecule has 11 nitrogen and oxygen atoms in total. The largest absolute Gasteiger partial charge is 0.493 e. The molecule has 2 amide bonds. The van der Waals surface area contributed by atoms with E-state index in [9.17, 15) is 27.9 Å². The number of hydrogen-bond acceptors (Lipinski definition) is 8. The van der Waals surface area contributed by atoms with Crippen molar-refractivity contribution in [2.75, 3.05) is 33.9 Å². The molecule has 2 aromatic rings. The van der Waals surface area contributed by atoms with Crippen LogP contribution in [0.5, 0.6) is 11.5 Å². The zero-order valence-electron chi connectivity index (χ0n) is 24.9. The van der Waals surface area contributed by atoms with Gasteiger partial charge in [-0.3, -0.25) is 9.59 Å². The molecule has 12 heteroatoms. The Morgan fingerprint density at radius 2 is 1.60 bits per heavy atom. The Balaban J connectivity index is 1.56. The van der Waals surface area contributed by atoms with Gasteiger partial charge in [-0.05, 0) is 59.9 Å². The normalized spacial score (nSPS) is 13.2. The van der Waals surface area contributed by atoms with Crippen molar-refractivity contribution >= 4 is 27.8 Å². The van der Waals surface area contributed by atoms with Gasteiger partial charge in [0, 0.05) is 25.2 Å². The van der Waals surface area contributed by atoms with Gasteiger partial charge in [-0.1, -0.05) is 44.9 Å². The minimum absolute atomic E-state index is 0.00729.